The highest BCUT2D eigenvalue weighted by atomic mass is 16.4. The lowest BCUT2D eigenvalue weighted by Gasteiger charge is -2.21. The van der Waals surface area contributed by atoms with Crippen molar-refractivity contribution >= 4 is 17.6 Å². The van der Waals surface area contributed by atoms with E-state index in [1.807, 2.05) is 12.1 Å². The number of amidine groups is 1. The lowest BCUT2D eigenvalue weighted by atomic mass is 10.1. The first kappa shape index (κ1) is 14.0. The van der Waals surface area contributed by atoms with E-state index in [1.165, 1.54) is 0 Å². The van der Waals surface area contributed by atoms with Crippen LogP contribution in [0.25, 0.3) is 0 Å². The van der Waals surface area contributed by atoms with E-state index < -0.39 is 0 Å². The summed E-state index contributed by atoms with van der Waals surface area (Å²) >= 11 is 0. The van der Waals surface area contributed by atoms with Gasteiger partial charge in [-0.05, 0) is 12.0 Å². The Hall–Kier alpha value is -2.41. The van der Waals surface area contributed by atoms with Gasteiger partial charge in [0.15, 0.2) is 5.84 Å². The van der Waals surface area contributed by atoms with Gasteiger partial charge >= 0.3 is 0 Å². The summed E-state index contributed by atoms with van der Waals surface area (Å²) in [6, 6.07) is 6.77. The highest BCUT2D eigenvalue weighted by Gasteiger charge is 2.25. The van der Waals surface area contributed by atoms with E-state index in [0.29, 0.717) is 24.9 Å². The zero-order chi connectivity index (χ0) is 14.5. The fourth-order valence-electron chi connectivity index (χ4n) is 1.98. The molecule has 7 heteroatoms. The van der Waals surface area contributed by atoms with Gasteiger partial charge in [-0.3, -0.25) is 14.9 Å². The Kier molecular flexibility index (Phi) is 4.31. The molecule has 1 heterocycles. The molecule has 0 saturated carbocycles. The van der Waals surface area contributed by atoms with Gasteiger partial charge in [0.25, 0.3) is 0 Å². The first-order valence-corrected chi connectivity index (χ1v) is 6.24. The van der Waals surface area contributed by atoms with Crippen LogP contribution in [0.1, 0.15) is 24.0 Å². The number of hydrogen-bond acceptors (Lipinski definition) is 5. The van der Waals surface area contributed by atoms with Crippen LogP contribution in [0, 0.1) is 0 Å². The van der Waals surface area contributed by atoms with Crippen molar-refractivity contribution in [1.82, 2.24) is 10.6 Å². The maximum Gasteiger partial charge on any atom is 0.243 e. The molecule has 0 spiro atoms. The average Bonchev–Trinajstić information content (AvgIpc) is 2.46. The van der Waals surface area contributed by atoms with Gasteiger partial charge in [0.1, 0.15) is 0 Å². The van der Waals surface area contributed by atoms with Gasteiger partial charge < -0.3 is 16.3 Å². The molecule has 1 aliphatic heterocycles. The van der Waals surface area contributed by atoms with Gasteiger partial charge in [0.05, 0.1) is 6.04 Å². The summed E-state index contributed by atoms with van der Waals surface area (Å²) in [6.07, 6.45) is 0.860. The van der Waals surface area contributed by atoms with Crippen LogP contribution < -0.4 is 16.4 Å². The van der Waals surface area contributed by atoms with Crippen molar-refractivity contribution < 1.29 is 14.8 Å². The lowest BCUT2D eigenvalue weighted by Crippen LogP contribution is -2.50. The predicted octanol–water partition coefficient (Wildman–Crippen LogP) is -0.324. The first-order chi connectivity index (χ1) is 9.60. The van der Waals surface area contributed by atoms with Crippen LogP contribution in [0.2, 0.25) is 0 Å². The number of imide groups is 1. The van der Waals surface area contributed by atoms with Crippen molar-refractivity contribution in [3.8, 4) is 0 Å². The Morgan fingerprint density at radius 2 is 2.10 bits per heavy atom. The number of rotatable bonds is 4. The van der Waals surface area contributed by atoms with Crippen LogP contribution in [-0.4, -0.2) is 28.9 Å². The van der Waals surface area contributed by atoms with Gasteiger partial charge in [-0.25, -0.2) is 0 Å². The van der Waals surface area contributed by atoms with Crippen molar-refractivity contribution in [2.24, 2.45) is 10.9 Å². The number of amides is 2. The molecule has 2 rings (SSSR count). The second-order valence-electron chi connectivity index (χ2n) is 4.57. The first-order valence-electron chi connectivity index (χ1n) is 6.24. The van der Waals surface area contributed by atoms with Crippen molar-refractivity contribution in [3.05, 3.63) is 35.4 Å². The molecule has 5 N–H and O–H groups in total. The molecule has 1 aromatic rings. The second-order valence-corrected chi connectivity index (χ2v) is 4.57. The van der Waals surface area contributed by atoms with E-state index in [1.54, 1.807) is 12.1 Å². The maximum absolute atomic E-state index is 11.6. The van der Waals surface area contributed by atoms with E-state index in [4.69, 9.17) is 10.9 Å². The maximum atomic E-state index is 11.6. The molecule has 7 nitrogen and oxygen atoms in total. The van der Waals surface area contributed by atoms with Crippen LogP contribution in [0.3, 0.4) is 0 Å². The standard InChI is InChI=1S/C13H16N4O3/c14-12(17-20)9-3-1-8(2-4-9)7-15-10-5-6-11(18)16-13(10)19/h1-4,10,15,20H,5-7H2,(H2,14,17)(H,16,18,19). The van der Waals surface area contributed by atoms with Gasteiger partial charge in [0.2, 0.25) is 11.8 Å². The molecule has 0 aliphatic carbocycles. The number of carbonyl (C=O) groups is 2. The normalized spacial score (nSPS) is 19.8. The molecule has 2 amide bonds. The minimum absolute atomic E-state index is 0.0506. The zero-order valence-corrected chi connectivity index (χ0v) is 10.8. The molecule has 1 fully saturated rings. The molecule has 1 aliphatic rings. The second kappa shape index (κ2) is 6.16. The molecule has 20 heavy (non-hydrogen) atoms. The summed E-state index contributed by atoms with van der Waals surface area (Å²) in [4.78, 5) is 22.6. The monoisotopic (exact) mass is 276 g/mol. The van der Waals surface area contributed by atoms with Crippen molar-refractivity contribution in [3.63, 3.8) is 0 Å². The Morgan fingerprint density at radius 1 is 1.40 bits per heavy atom. The summed E-state index contributed by atoms with van der Waals surface area (Å²) in [5.74, 6) is -0.458. The van der Waals surface area contributed by atoms with Crippen LogP contribution in [0.15, 0.2) is 29.4 Å². The van der Waals surface area contributed by atoms with Gasteiger partial charge in [-0.1, -0.05) is 29.4 Å². The van der Waals surface area contributed by atoms with E-state index in [2.05, 4.69) is 15.8 Å². The van der Waals surface area contributed by atoms with Crippen molar-refractivity contribution in [2.75, 3.05) is 0 Å². The minimum Gasteiger partial charge on any atom is -0.409 e. The number of nitrogens with zero attached hydrogens (tertiary/aromatic N) is 1. The largest absolute Gasteiger partial charge is 0.409 e. The molecule has 0 aromatic heterocycles. The SMILES string of the molecule is NC(=NO)c1ccc(CNC2CCC(=O)NC2=O)cc1. The van der Waals surface area contributed by atoms with Crippen LogP contribution in [0.4, 0.5) is 0 Å². The Labute approximate surface area is 115 Å². The van der Waals surface area contributed by atoms with E-state index in [0.717, 1.165) is 5.56 Å². The van der Waals surface area contributed by atoms with Crippen molar-refractivity contribution in [1.29, 1.82) is 0 Å². The highest BCUT2D eigenvalue weighted by Crippen LogP contribution is 2.08. The Morgan fingerprint density at radius 3 is 2.70 bits per heavy atom. The third-order valence-corrected chi connectivity index (χ3v) is 3.15. The molecular formula is C13H16N4O3. The van der Waals surface area contributed by atoms with Crippen molar-refractivity contribution in [2.45, 2.75) is 25.4 Å². The van der Waals surface area contributed by atoms with Crippen LogP contribution in [-0.2, 0) is 16.1 Å². The lowest BCUT2D eigenvalue weighted by molar-refractivity contribution is -0.134. The summed E-state index contributed by atoms with van der Waals surface area (Å²) in [7, 11) is 0. The van der Waals surface area contributed by atoms with Crippen LogP contribution in [0.5, 0.6) is 0 Å². The number of nitrogens with one attached hydrogen (secondary N) is 2. The number of nitrogens with two attached hydrogens (primary N) is 1. The Balaban J connectivity index is 1.91. The number of oxime groups is 1. The Bertz CT molecular complexity index is 539. The van der Waals surface area contributed by atoms with E-state index in [9.17, 15) is 9.59 Å². The number of benzene rings is 1. The molecule has 106 valence electrons. The highest BCUT2D eigenvalue weighted by molar-refractivity contribution is 6.00. The number of hydrogen-bond donors (Lipinski definition) is 4. The fourth-order valence-corrected chi connectivity index (χ4v) is 1.98. The van der Waals surface area contributed by atoms with E-state index >= 15 is 0 Å². The summed E-state index contributed by atoms with van der Waals surface area (Å²) < 4.78 is 0. The minimum atomic E-state index is -0.351. The molecule has 0 radical (unpaired) electrons. The fraction of sp³-hybridized carbons (Fsp3) is 0.308. The molecule has 1 atom stereocenters. The third kappa shape index (κ3) is 3.33. The number of carbonyl (C=O) groups excluding carboxylic acids is 2. The summed E-state index contributed by atoms with van der Waals surface area (Å²) in [5.41, 5.74) is 7.05. The predicted molar refractivity (Wildman–Crippen MR) is 72.0 cm³/mol. The smallest absolute Gasteiger partial charge is 0.243 e. The van der Waals surface area contributed by atoms with Crippen LogP contribution >= 0.6 is 0 Å². The number of piperidine rings is 1. The van der Waals surface area contributed by atoms with Gasteiger partial charge in [-0.2, -0.15) is 0 Å². The van der Waals surface area contributed by atoms with Gasteiger partial charge in [-0.15, -0.1) is 0 Å². The quantitative estimate of drug-likeness (QED) is 0.198. The molecule has 1 saturated heterocycles. The van der Waals surface area contributed by atoms with Gasteiger partial charge in [0, 0.05) is 18.5 Å². The molecule has 1 aromatic carbocycles. The van der Waals surface area contributed by atoms with E-state index in [-0.39, 0.29) is 23.7 Å². The average molecular weight is 276 g/mol. The zero-order valence-electron chi connectivity index (χ0n) is 10.8. The topological polar surface area (TPSA) is 117 Å². The third-order valence-electron chi connectivity index (χ3n) is 3.15. The summed E-state index contributed by atoms with van der Waals surface area (Å²) in [5, 5.41) is 16.9. The molecule has 0 bridgehead atoms. The molecule has 1 unspecified atom stereocenters. The molecular weight excluding hydrogens is 260 g/mol. The summed E-state index contributed by atoms with van der Waals surface area (Å²) in [6.45, 7) is 0.503.